The summed E-state index contributed by atoms with van der Waals surface area (Å²) in [5.41, 5.74) is 7.89. The van der Waals surface area contributed by atoms with Crippen LogP contribution >= 0.6 is 7.82 Å². The third-order valence-corrected chi connectivity index (χ3v) is 18.5. The first kappa shape index (κ1) is 63.4. The maximum absolute atomic E-state index is 17.0. The van der Waals surface area contributed by atoms with E-state index in [9.17, 15) is 4.89 Å². The normalized spacial score (nSPS) is 19.6. The Morgan fingerprint density at radius 3 is 0.671 bits per heavy atom. The molecule has 8 rings (SSSR count). The highest BCUT2D eigenvalue weighted by Crippen LogP contribution is 2.69. The highest BCUT2D eigenvalue weighted by atomic mass is 31.2. The zero-order valence-corrected chi connectivity index (χ0v) is 56.0. The molecule has 442 valence electrons. The van der Waals surface area contributed by atoms with Crippen molar-refractivity contribution in [1.82, 2.24) is 0 Å². The molecule has 2 saturated heterocycles. The molecule has 0 aliphatic carbocycles. The SMILES string of the molecule is Cc1ccc(C2(c3ccc(C)cc3)O[C@H]3[C@H](O2)C(c2cc(C(C)(C)C)cc(C(C)(C)C)c2)(c2cc(C(C)(C)C)cc(C(C)(C)C)c2)OP(=O)(O)OC3(c2cc(C(C)(C)C)cc(C(C)(C)C)c2)c2cc(C(C)(C)C)cc(C(C)(C)C)c2)cc1. The molecule has 0 amide bonds. The van der Waals surface area contributed by atoms with Crippen LogP contribution in [-0.2, 0) is 83.4 Å². The van der Waals surface area contributed by atoms with E-state index >= 15 is 4.57 Å². The third-order valence-electron chi connectivity index (χ3n) is 17.4. The Labute approximate surface area is 496 Å². The number of phosphoric ester groups is 1. The number of hydrogen-bond acceptors (Lipinski definition) is 5. The monoisotopic (exact) mass is 1130 g/mol. The Bertz CT molecular complexity index is 2890. The molecule has 0 bridgehead atoms. The van der Waals surface area contributed by atoms with Crippen LogP contribution in [0.25, 0.3) is 0 Å². The largest absolute Gasteiger partial charge is 0.474 e. The van der Waals surface area contributed by atoms with Crippen molar-refractivity contribution in [3.05, 3.63) is 210 Å². The molecule has 7 heteroatoms. The van der Waals surface area contributed by atoms with E-state index in [1.54, 1.807) is 0 Å². The highest BCUT2D eigenvalue weighted by Gasteiger charge is 2.71. The third kappa shape index (κ3) is 12.1. The zero-order chi connectivity index (χ0) is 61.4. The predicted molar refractivity (Wildman–Crippen MR) is 342 cm³/mol. The van der Waals surface area contributed by atoms with E-state index in [2.05, 4.69) is 301 Å². The van der Waals surface area contributed by atoms with Gasteiger partial charge in [0, 0.05) is 11.1 Å². The molecule has 2 atom stereocenters. The van der Waals surface area contributed by atoms with Gasteiger partial charge in [-0.1, -0.05) is 299 Å². The van der Waals surface area contributed by atoms with Crippen LogP contribution in [0.5, 0.6) is 0 Å². The van der Waals surface area contributed by atoms with Crippen LogP contribution in [0.1, 0.15) is 255 Å². The first-order valence-electron chi connectivity index (χ1n) is 30.0. The van der Waals surface area contributed by atoms with Gasteiger partial charge in [-0.05, 0) is 124 Å². The lowest BCUT2D eigenvalue weighted by molar-refractivity contribution is -0.182. The van der Waals surface area contributed by atoms with Gasteiger partial charge in [0.25, 0.3) is 0 Å². The second kappa shape index (κ2) is 20.5. The summed E-state index contributed by atoms with van der Waals surface area (Å²) in [7, 11) is -5.39. The van der Waals surface area contributed by atoms with Gasteiger partial charge in [0.05, 0.1) is 0 Å². The summed E-state index contributed by atoms with van der Waals surface area (Å²) in [6.07, 6.45) is -2.48. The number of rotatable bonds is 6. The molecule has 82 heavy (non-hydrogen) atoms. The number of aryl methyl sites for hydroxylation is 2. The van der Waals surface area contributed by atoms with Gasteiger partial charge < -0.3 is 14.4 Å². The molecule has 6 nitrogen and oxygen atoms in total. The van der Waals surface area contributed by atoms with Crippen LogP contribution in [0.2, 0.25) is 0 Å². The van der Waals surface area contributed by atoms with E-state index in [1.165, 1.54) is 0 Å². The highest BCUT2D eigenvalue weighted by molar-refractivity contribution is 7.47. The van der Waals surface area contributed by atoms with E-state index in [0.29, 0.717) is 22.3 Å². The molecule has 2 aliphatic rings. The lowest BCUT2D eigenvalue weighted by Crippen LogP contribution is -2.54. The number of hydrogen-bond donors (Lipinski definition) is 1. The van der Waals surface area contributed by atoms with Crippen LogP contribution in [0, 0.1) is 13.8 Å². The van der Waals surface area contributed by atoms with E-state index in [0.717, 1.165) is 66.8 Å². The predicted octanol–water partition coefficient (Wildman–Crippen LogP) is 19.7. The smallest absolute Gasteiger partial charge is 0.332 e. The second-order valence-corrected chi connectivity index (χ2v) is 34.0. The van der Waals surface area contributed by atoms with Crippen molar-refractivity contribution < 1.29 is 28.0 Å². The number of benzene rings is 6. The van der Waals surface area contributed by atoms with Crippen molar-refractivity contribution in [3.8, 4) is 0 Å². The minimum Gasteiger partial charge on any atom is -0.332 e. The molecule has 0 aromatic heterocycles. The molecule has 0 radical (unpaired) electrons. The maximum Gasteiger partial charge on any atom is 0.474 e. The second-order valence-electron chi connectivity index (χ2n) is 32.7. The van der Waals surface area contributed by atoms with E-state index in [4.69, 9.17) is 18.5 Å². The first-order chi connectivity index (χ1) is 37.1. The van der Waals surface area contributed by atoms with Gasteiger partial charge in [-0.3, -0.25) is 9.05 Å². The molecular weight excluding hydrogens is 1030 g/mol. The van der Waals surface area contributed by atoms with Crippen LogP contribution in [0.4, 0.5) is 0 Å². The maximum atomic E-state index is 17.0. The van der Waals surface area contributed by atoms with Crippen molar-refractivity contribution in [3.63, 3.8) is 0 Å². The summed E-state index contributed by atoms with van der Waals surface area (Å²) in [5, 5.41) is 0. The van der Waals surface area contributed by atoms with Crippen molar-refractivity contribution in [2.75, 3.05) is 0 Å². The zero-order valence-electron chi connectivity index (χ0n) is 55.1. The van der Waals surface area contributed by atoms with Crippen molar-refractivity contribution in [1.29, 1.82) is 0 Å². The summed E-state index contributed by atoms with van der Waals surface area (Å²) in [6, 6.07) is 43.7. The van der Waals surface area contributed by atoms with Crippen molar-refractivity contribution in [2.45, 2.75) is 253 Å². The molecule has 2 heterocycles. The molecular formula is C75H101O6P. The summed E-state index contributed by atoms with van der Waals surface area (Å²) < 4.78 is 49.3. The molecule has 0 saturated carbocycles. The fourth-order valence-electron chi connectivity index (χ4n) is 11.6. The van der Waals surface area contributed by atoms with Crippen LogP contribution in [0.15, 0.2) is 121 Å². The fourth-order valence-corrected chi connectivity index (χ4v) is 13.0. The topological polar surface area (TPSA) is 74.2 Å². The van der Waals surface area contributed by atoms with Crippen LogP contribution in [-0.4, -0.2) is 17.1 Å². The van der Waals surface area contributed by atoms with E-state index in [-0.39, 0.29) is 43.3 Å². The Kier molecular flexibility index (Phi) is 15.9. The number of fused-ring (bicyclic) bond motifs is 1. The Morgan fingerprint density at radius 2 is 0.500 bits per heavy atom. The molecule has 0 spiro atoms. The standard InChI is InChI=1S/C75H101O6P/c1-47-27-31-49(32-28-47)75(50-33-29-48(2)30-34-50)78-63-64(79-75)74(61-43-55(69(15,16)17)37-56(44-61)70(18,19)20,62-45-57(71(21,22)23)38-58(46-62)72(24,25)26)81-82(76,77)80-73(63,59-39-51(65(3,4)5)35-52(40-59)66(6,7)8)60-41-53(67(9,10)11)36-54(42-60)68(12,13)14/h27-46,63-64H,1-26H3,(H,76,77)/t63-,64-/m0/s1. The number of phosphoric acid groups is 1. The summed E-state index contributed by atoms with van der Waals surface area (Å²) >= 11 is 0. The Balaban J connectivity index is 1.75. The van der Waals surface area contributed by atoms with Crippen LogP contribution in [0.3, 0.4) is 0 Å². The van der Waals surface area contributed by atoms with Gasteiger partial charge >= 0.3 is 7.82 Å². The molecule has 2 fully saturated rings. The van der Waals surface area contributed by atoms with Crippen molar-refractivity contribution >= 4 is 7.82 Å². The summed E-state index contributed by atoms with van der Waals surface area (Å²) in [5.74, 6) is -1.65. The van der Waals surface area contributed by atoms with Gasteiger partial charge in [0.15, 0.2) is 11.2 Å². The average molecular weight is 1130 g/mol. The van der Waals surface area contributed by atoms with E-state index < -0.39 is 37.0 Å². The summed E-state index contributed by atoms with van der Waals surface area (Å²) in [4.78, 5) is 13.9. The van der Waals surface area contributed by atoms with Crippen LogP contribution < -0.4 is 0 Å². The fraction of sp³-hybridized carbons (Fsp3) is 0.520. The molecule has 1 N–H and O–H groups in total. The Morgan fingerprint density at radius 1 is 0.317 bits per heavy atom. The van der Waals surface area contributed by atoms with Gasteiger partial charge in [-0.25, -0.2) is 4.57 Å². The molecule has 2 aliphatic heterocycles. The van der Waals surface area contributed by atoms with Gasteiger partial charge in [0.1, 0.15) is 12.2 Å². The lowest BCUT2D eigenvalue weighted by atomic mass is 9.67. The Hall–Kier alpha value is -4.65. The lowest BCUT2D eigenvalue weighted by Gasteiger charge is -2.43. The average Bonchev–Trinajstić information content (AvgIpc) is 1.98. The quantitative estimate of drug-likeness (QED) is 0.168. The summed E-state index contributed by atoms with van der Waals surface area (Å²) in [6.45, 7) is 57.6. The molecule has 6 aromatic carbocycles. The minimum atomic E-state index is -5.39. The molecule has 0 unspecified atom stereocenters. The number of ether oxygens (including phenoxy) is 2. The van der Waals surface area contributed by atoms with Gasteiger partial charge in [0.2, 0.25) is 5.79 Å². The van der Waals surface area contributed by atoms with E-state index in [1.807, 2.05) is 0 Å². The molecule has 6 aromatic rings. The first-order valence-corrected chi connectivity index (χ1v) is 31.5. The van der Waals surface area contributed by atoms with Crippen molar-refractivity contribution in [2.24, 2.45) is 0 Å². The van der Waals surface area contributed by atoms with Gasteiger partial charge in [-0.15, -0.1) is 0 Å². The van der Waals surface area contributed by atoms with Gasteiger partial charge in [-0.2, -0.15) is 0 Å². The minimum absolute atomic E-state index is 0.373.